The van der Waals surface area contributed by atoms with E-state index in [1.165, 1.54) is 38.5 Å². The van der Waals surface area contributed by atoms with Crippen molar-refractivity contribution in [3.05, 3.63) is 0 Å². The average Bonchev–Trinajstić information content (AvgIpc) is 2.23. The van der Waals surface area contributed by atoms with Crippen LogP contribution in [0.25, 0.3) is 0 Å². The third-order valence-corrected chi connectivity index (χ3v) is 4.79. The molecule has 3 unspecified atom stereocenters. The summed E-state index contributed by atoms with van der Waals surface area (Å²) in [6.45, 7) is 8.08. The third kappa shape index (κ3) is 2.14. The molecule has 94 valence electrons. The molecule has 16 heavy (non-hydrogen) atoms. The van der Waals surface area contributed by atoms with Crippen molar-refractivity contribution in [1.82, 2.24) is 5.32 Å². The molecule has 0 amide bonds. The molecule has 2 nitrogen and oxygen atoms in total. The molecule has 3 atom stereocenters. The van der Waals surface area contributed by atoms with Crippen LogP contribution in [-0.4, -0.2) is 24.8 Å². The normalized spacial score (nSPS) is 39.2. The van der Waals surface area contributed by atoms with E-state index in [0.29, 0.717) is 23.7 Å². The van der Waals surface area contributed by atoms with Crippen LogP contribution in [0.1, 0.15) is 59.3 Å². The van der Waals surface area contributed by atoms with E-state index in [4.69, 9.17) is 4.74 Å². The number of nitrogens with one attached hydrogen (secondary N) is 1. The van der Waals surface area contributed by atoms with Crippen molar-refractivity contribution in [3.63, 3.8) is 0 Å². The molecule has 0 saturated heterocycles. The van der Waals surface area contributed by atoms with Crippen molar-refractivity contribution in [2.24, 2.45) is 5.41 Å². The van der Waals surface area contributed by atoms with Gasteiger partial charge in [-0.25, -0.2) is 0 Å². The minimum absolute atomic E-state index is 0.380. The van der Waals surface area contributed by atoms with Gasteiger partial charge in [0.2, 0.25) is 0 Å². The molecule has 0 aliphatic heterocycles. The highest BCUT2D eigenvalue weighted by atomic mass is 16.5. The fourth-order valence-corrected chi connectivity index (χ4v) is 2.88. The van der Waals surface area contributed by atoms with Gasteiger partial charge >= 0.3 is 0 Å². The monoisotopic (exact) mass is 225 g/mol. The van der Waals surface area contributed by atoms with Gasteiger partial charge in [0.05, 0.1) is 12.2 Å². The number of rotatable bonds is 6. The Morgan fingerprint density at radius 3 is 2.56 bits per heavy atom. The maximum atomic E-state index is 6.20. The minimum atomic E-state index is 0.380. The molecule has 0 spiro atoms. The quantitative estimate of drug-likeness (QED) is 0.750. The zero-order chi connectivity index (χ0) is 11.6. The molecule has 0 heterocycles. The molecule has 2 heteroatoms. The number of hydrogen-bond acceptors (Lipinski definition) is 2. The summed E-state index contributed by atoms with van der Waals surface area (Å²) in [5, 5.41) is 3.67. The van der Waals surface area contributed by atoms with Crippen LogP contribution < -0.4 is 5.32 Å². The van der Waals surface area contributed by atoms with Gasteiger partial charge in [0.1, 0.15) is 0 Å². The van der Waals surface area contributed by atoms with Crippen LogP contribution in [-0.2, 0) is 4.74 Å². The minimum Gasteiger partial charge on any atom is -0.374 e. The Hall–Kier alpha value is -0.0800. The van der Waals surface area contributed by atoms with Crippen LogP contribution >= 0.6 is 0 Å². The van der Waals surface area contributed by atoms with Crippen molar-refractivity contribution in [2.75, 3.05) is 6.54 Å². The van der Waals surface area contributed by atoms with Gasteiger partial charge in [-0.15, -0.1) is 0 Å². The first-order chi connectivity index (χ1) is 7.70. The van der Waals surface area contributed by atoms with Gasteiger partial charge in [0.15, 0.2) is 0 Å². The Morgan fingerprint density at radius 2 is 2.06 bits per heavy atom. The molecule has 0 radical (unpaired) electrons. The first-order valence-corrected chi connectivity index (χ1v) is 7.09. The van der Waals surface area contributed by atoms with Gasteiger partial charge in [-0.2, -0.15) is 0 Å². The SMILES string of the molecule is CCCNC1CC(OC2CCC2)C1(C)CC. The van der Waals surface area contributed by atoms with E-state index in [1.807, 2.05) is 0 Å². The number of hydrogen-bond donors (Lipinski definition) is 1. The Labute approximate surface area is 100 Å². The summed E-state index contributed by atoms with van der Waals surface area (Å²) >= 11 is 0. The third-order valence-electron chi connectivity index (χ3n) is 4.79. The van der Waals surface area contributed by atoms with Gasteiger partial charge in [-0.1, -0.05) is 20.8 Å². The Balaban J connectivity index is 1.82. The molecule has 1 N–H and O–H groups in total. The molecule has 0 aromatic carbocycles. The lowest BCUT2D eigenvalue weighted by molar-refractivity contribution is -0.172. The second kappa shape index (κ2) is 5.05. The van der Waals surface area contributed by atoms with E-state index in [2.05, 4.69) is 26.1 Å². The van der Waals surface area contributed by atoms with E-state index in [1.54, 1.807) is 0 Å². The molecular weight excluding hydrogens is 198 g/mol. The summed E-state index contributed by atoms with van der Waals surface area (Å²) < 4.78 is 6.20. The molecular formula is C14H27NO. The summed E-state index contributed by atoms with van der Waals surface area (Å²) in [4.78, 5) is 0. The van der Waals surface area contributed by atoms with Gasteiger partial charge in [0.25, 0.3) is 0 Å². The molecule has 0 bridgehead atoms. The van der Waals surface area contributed by atoms with Gasteiger partial charge < -0.3 is 10.1 Å². The largest absolute Gasteiger partial charge is 0.374 e. The summed E-state index contributed by atoms with van der Waals surface area (Å²) in [7, 11) is 0. The highest BCUT2D eigenvalue weighted by Crippen LogP contribution is 2.47. The summed E-state index contributed by atoms with van der Waals surface area (Å²) in [6.07, 6.45) is 8.74. The molecule has 2 aliphatic rings. The summed E-state index contributed by atoms with van der Waals surface area (Å²) in [6, 6.07) is 0.683. The van der Waals surface area contributed by atoms with Crippen molar-refractivity contribution >= 4 is 0 Å². The Kier molecular flexibility index (Phi) is 3.91. The van der Waals surface area contributed by atoms with Gasteiger partial charge in [0, 0.05) is 11.5 Å². The second-order valence-corrected chi connectivity index (χ2v) is 5.78. The van der Waals surface area contributed by atoms with Crippen LogP contribution in [0, 0.1) is 5.41 Å². The van der Waals surface area contributed by atoms with Crippen molar-refractivity contribution in [3.8, 4) is 0 Å². The van der Waals surface area contributed by atoms with Crippen LogP contribution in [0.3, 0.4) is 0 Å². The van der Waals surface area contributed by atoms with E-state index < -0.39 is 0 Å². The Morgan fingerprint density at radius 1 is 1.31 bits per heavy atom. The topological polar surface area (TPSA) is 21.3 Å². The highest BCUT2D eigenvalue weighted by Gasteiger charge is 2.51. The fraction of sp³-hybridized carbons (Fsp3) is 1.00. The molecule has 2 rings (SSSR count). The molecule has 2 fully saturated rings. The second-order valence-electron chi connectivity index (χ2n) is 5.78. The maximum Gasteiger partial charge on any atom is 0.0662 e. The number of ether oxygens (including phenoxy) is 1. The van der Waals surface area contributed by atoms with Crippen molar-refractivity contribution in [1.29, 1.82) is 0 Å². The van der Waals surface area contributed by atoms with Crippen LogP contribution in [0.5, 0.6) is 0 Å². The zero-order valence-corrected chi connectivity index (χ0v) is 11.1. The van der Waals surface area contributed by atoms with Gasteiger partial charge in [-0.3, -0.25) is 0 Å². The van der Waals surface area contributed by atoms with E-state index >= 15 is 0 Å². The predicted octanol–water partition coefficient (Wildman–Crippen LogP) is 3.11. The van der Waals surface area contributed by atoms with Crippen molar-refractivity contribution < 1.29 is 4.74 Å². The highest BCUT2D eigenvalue weighted by molar-refractivity contribution is 5.05. The summed E-state index contributed by atoms with van der Waals surface area (Å²) in [5.41, 5.74) is 0.380. The summed E-state index contributed by atoms with van der Waals surface area (Å²) in [5.74, 6) is 0. The van der Waals surface area contributed by atoms with Crippen molar-refractivity contribution in [2.45, 2.75) is 77.5 Å². The standard InChI is InChI=1S/C14H27NO/c1-4-9-15-12-10-13(14(12,3)5-2)16-11-7-6-8-11/h11-13,15H,4-10H2,1-3H3. The average molecular weight is 225 g/mol. The van der Waals surface area contributed by atoms with E-state index in [-0.39, 0.29) is 0 Å². The maximum absolute atomic E-state index is 6.20. The first-order valence-electron chi connectivity index (χ1n) is 7.09. The molecule has 2 saturated carbocycles. The molecule has 0 aromatic rings. The molecule has 2 aliphatic carbocycles. The Bertz CT molecular complexity index is 227. The van der Waals surface area contributed by atoms with Gasteiger partial charge in [-0.05, 0) is 45.1 Å². The van der Waals surface area contributed by atoms with Crippen LogP contribution in [0.4, 0.5) is 0 Å². The van der Waals surface area contributed by atoms with E-state index in [9.17, 15) is 0 Å². The first kappa shape index (κ1) is 12.4. The fourth-order valence-electron chi connectivity index (χ4n) is 2.88. The lowest BCUT2D eigenvalue weighted by Gasteiger charge is -2.55. The smallest absolute Gasteiger partial charge is 0.0662 e. The lowest BCUT2D eigenvalue weighted by atomic mass is 9.61. The lowest BCUT2D eigenvalue weighted by Crippen LogP contribution is -2.63. The van der Waals surface area contributed by atoms with Crippen LogP contribution in [0.15, 0.2) is 0 Å². The zero-order valence-electron chi connectivity index (χ0n) is 11.1. The molecule has 0 aromatic heterocycles. The van der Waals surface area contributed by atoms with Crippen LogP contribution in [0.2, 0.25) is 0 Å². The van der Waals surface area contributed by atoms with E-state index in [0.717, 1.165) is 6.54 Å². The predicted molar refractivity (Wildman–Crippen MR) is 67.6 cm³/mol.